The van der Waals surface area contributed by atoms with Crippen LogP contribution in [-0.4, -0.2) is 63.3 Å². The average Bonchev–Trinajstić information content (AvgIpc) is 3.36. The summed E-state index contributed by atoms with van der Waals surface area (Å²) in [7, 11) is 1.29. The van der Waals surface area contributed by atoms with Crippen molar-refractivity contribution >= 4 is 35.5 Å². The summed E-state index contributed by atoms with van der Waals surface area (Å²) < 4.78 is 37.9. The lowest BCUT2D eigenvalue weighted by Gasteiger charge is -2.31. The number of methoxy groups -OCH3 is 1. The number of nitrogens with one attached hydrogen (secondary N) is 1. The van der Waals surface area contributed by atoms with Crippen molar-refractivity contribution in [1.29, 1.82) is 0 Å². The normalized spacial score (nSPS) is 14.2. The molecule has 1 saturated heterocycles. The van der Waals surface area contributed by atoms with Crippen LogP contribution < -0.4 is 10.1 Å². The van der Waals surface area contributed by atoms with Crippen LogP contribution in [0, 0.1) is 11.6 Å². The van der Waals surface area contributed by atoms with E-state index in [2.05, 4.69) is 38.6 Å². The van der Waals surface area contributed by atoms with Crippen molar-refractivity contribution in [3.63, 3.8) is 0 Å². The minimum Gasteiger partial charge on any atom is -0.494 e. The van der Waals surface area contributed by atoms with Crippen LogP contribution in [0.1, 0.15) is 12.5 Å². The number of hydrogen-bond donors (Lipinski definition) is 1. The molecule has 3 heterocycles. The molecular weight excluding hydrogens is 498 g/mol. The Balaban J connectivity index is 1.39. The number of fused-ring (bicyclic) bond motifs is 1. The molecule has 0 radical (unpaired) electrons. The first-order chi connectivity index (χ1) is 18.0. The second-order valence-electron chi connectivity index (χ2n) is 8.52. The minimum absolute atomic E-state index is 0.0755. The van der Waals surface area contributed by atoms with Crippen LogP contribution in [0.5, 0.6) is 5.75 Å². The number of amides is 1. The van der Waals surface area contributed by atoms with Gasteiger partial charge in [-0.15, -0.1) is 0 Å². The zero-order valence-electron chi connectivity index (χ0n) is 20.4. The Hall–Kier alpha value is -3.70. The van der Waals surface area contributed by atoms with Gasteiger partial charge in [0.05, 0.1) is 19.0 Å². The van der Waals surface area contributed by atoms with E-state index in [1.807, 2.05) is 6.07 Å². The summed E-state index contributed by atoms with van der Waals surface area (Å²) in [6, 6.07) is 9.00. The fraction of sp³-hybridized carbons (Fsp3) is 0.269. The zero-order valence-corrected chi connectivity index (χ0v) is 21.3. The number of carbonyl (C=O) groups is 1. The first kappa shape index (κ1) is 25.0. The number of nitrogens with zero attached hydrogens (tertiary/aromatic N) is 5. The Labute approximate surface area is 217 Å². The molecule has 1 amide bonds. The van der Waals surface area contributed by atoms with E-state index in [0.29, 0.717) is 17.2 Å². The molecule has 1 aliphatic heterocycles. The molecule has 0 aliphatic carbocycles. The zero-order chi connectivity index (χ0) is 25.9. The van der Waals surface area contributed by atoms with Crippen molar-refractivity contribution < 1.29 is 18.3 Å². The average molecular weight is 525 g/mol. The van der Waals surface area contributed by atoms with Crippen molar-refractivity contribution in [2.45, 2.75) is 18.2 Å². The fourth-order valence-electron chi connectivity index (χ4n) is 4.29. The summed E-state index contributed by atoms with van der Waals surface area (Å²) in [5.74, 6) is -1.70. The van der Waals surface area contributed by atoms with Crippen LogP contribution >= 0.6 is 11.9 Å². The second kappa shape index (κ2) is 10.7. The van der Waals surface area contributed by atoms with Crippen LogP contribution in [0.25, 0.3) is 16.9 Å². The number of imidazole rings is 1. The van der Waals surface area contributed by atoms with Gasteiger partial charge in [0.2, 0.25) is 12.2 Å². The lowest BCUT2D eigenvalue weighted by atomic mass is 10.1. The van der Waals surface area contributed by atoms with E-state index in [1.54, 1.807) is 33.6 Å². The van der Waals surface area contributed by atoms with Gasteiger partial charge in [0.1, 0.15) is 0 Å². The van der Waals surface area contributed by atoms with Crippen molar-refractivity contribution in [3.05, 3.63) is 66.1 Å². The van der Waals surface area contributed by atoms with Crippen LogP contribution in [0.2, 0.25) is 0 Å². The van der Waals surface area contributed by atoms with Gasteiger partial charge in [-0.25, -0.2) is 18.7 Å². The summed E-state index contributed by atoms with van der Waals surface area (Å²) in [5.41, 5.74) is 2.98. The highest BCUT2D eigenvalue weighted by Gasteiger charge is 2.20. The van der Waals surface area contributed by atoms with E-state index in [-0.39, 0.29) is 11.3 Å². The monoisotopic (exact) mass is 524 g/mol. The Morgan fingerprint density at radius 2 is 1.92 bits per heavy atom. The van der Waals surface area contributed by atoms with Gasteiger partial charge in [0.15, 0.2) is 23.0 Å². The minimum atomic E-state index is -1.04. The summed E-state index contributed by atoms with van der Waals surface area (Å²) >= 11 is 1.71. The lowest BCUT2D eigenvalue weighted by molar-refractivity contribution is -0.119. The van der Waals surface area contributed by atoms with Crippen LogP contribution in [0.3, 0.4) is 0 Å². The number of aryl methyl sites for hydroxylation is 1. The molecule has 0 saturated carbocycles. The van der Waals surface area contributed by atoms with E-state index in [0.717, 1.165) is 44.7 Å². The third kappa shape index (κ3) is 4.96. The molecule has 0 unspecified atom stereocenters. The molecule has 5 rings (SSSR count). The quantitative estimate of drug-likeness (QED) is 0.263. The van der Waals surface area contributed by atoms with Crippen molar-refractivity contribution in [2.24, 2.45) is 0 Å². The Morgan fingerprint density at radius 1 is 1.11 bits per heavy atom. The molecule has 11 heteroatoms. The molecule has 37 heavy (non-hydrogen) atoms. The number of halogens is 2. The number of carbonyl (C=O) groups excluding carboxylic acids is 1. The van der Waals surface area contributed by atoms with Gasteiger partial charge in [-0.05, 0) is 54.3 Å². The highest BCUT2D eigenvalue weighted by molar-refractivity contribution is 7.97. The third-order valence-corrected chi connectivity index (χ3v) is 7.54. The first-order valence-corrected chi connectivity index (χ1v) is 12.7. The van der Waals surface area contributed by atoms with Gasteiger partial charge in [-0.1, -0.05) is 6.92 Å². The number of piperazine rings is 1. The maximum Gasteiger partial charge on any atom is 0.209 e. The Kier molecular flexibility index (Phi) is 7.24. The Bertz CT molecular complexity index is 1440. The summed E-state index contributed by atoms with van der Waals surface area (Å²) in [5, 5.41) is 3.32. The van der Waals surface area contributed by atoms with Crippen molar-refractivity contribution in [2.75, 3.05) is 38.6 Å². The van der Waals surface area contributed by atoms with Crippen molar-refractivity contribution in [1.82, 2.24) is 23.6 Å². The molecule has 8 nitrogen and oxygen atoms in total. The highest BCUT2D eigenvalue weighted by Crippen LogP contribution is 2.33. The third-order valence-electron chi connectivity index (χ3n) is 6.32. The van der Waals surface area contributed by atoms with E-state index in [1.165, 1.54) is 35.9 Å². The maximum absolute atomic E-state index is 14.8. The predicted octanol–water partition coefficient (Wildman–Crippen LogP) is 4.77. The summed E-state index contributed by atoms with van der Waals surface area (Å²) in [6.07, 6.45) is 6.49. The summed E-state index contributed by atoms with van der Waals surface area (Å²) in [4.78, 5) is 22.8. The van der Waals surface area contributed by atoms with E-state index in [4.69, 9.17) is 4.74 Å². The molecule has 1 N–H and O–H groups in total. The Morgan fingerprint density at radius 3 is 2.65 bits per heavy atom. The second-order valence-corrected chi connectivity index (χ2v) is 9.66. The molecule has 0 atom stereocenters. The van der Waals surface area contributed by atoms with Crippen LogP contribution in [0.4, 0.5) is 20.3 Å². The highest BCUT2D eigenvalue weighted by atomic mass is 32.2. The molecule has 1 fully saturated rings. The van der Waals surface area contributed by atoms with Gasteiger partial charge >= 0.3 is 0 Å². The number of ether oxygens (including phenoxy) is 1. The van der Waals surface area contributed by atoms with Gasteiger partial charge in [0, 0.05) is 54.7 Å². The fourth-order valence-corrected chi connectivity index (χ4v) is 5.37. The molecule has 2 aromatic carbocycles. The molecule has 192 valence electrons. The van der Waals surface area contributed by atoms with Gasteiger partial charge in [-0.2, -0.15) is 4.39 Å². The van der Waals surface area contributed by atoms with Gasteiger partial charge in [0.25, 0.3) is 0 Å². The maximum atomic E-state index is 14.8. The smallest absolute Gasteiger partial charge is 0.209 e. The summed E-state index contributed by atoms with van der Waals surface area (Å²) in [6.45, 7) is 5.20. The molecule has 2 aromatic heterocycles. The number of benzene rings is 2. The SMILES string of the molecule is CCc1cc(Nc2nccn3c(-c4ccc(OC)c(F)c4F)cnc23)ccc1SN1CCN(C=O)CC1. The van der Waals surface area contributed by atoms with Crippen LogP contribution in [0.15, 0.2) is 53.8 Å². The number of anilines is 2. The molecule has 4 aromatic rings. The number of hydrogen-bond acceptors (Lipinski definition) is 7. The first-order valence-electron chi connectivity index (χ1n) is 11.9. The number of aromatic nitrogens is 3. The molecule has 0 bridgehead atoms. The molecule has 0 spiro atoms. The topological polar surface area (TPSA) is 75.0 Å². The van der Waals surface area contributed by atoms with E-state index in [9.17, 15) is 13.6 Å². The number of rotatable bonds is 8. The lowest BCUT2D eigenvalue weighted by Crippen LogP contribution is -2.42. The van der Waals surface area contributed by atoms with E-state index < -0.39 is 11.6 Å². The van der Waals surface area contributed by atoms with Gasteiger partial charge < -0.3 is 15.0 Å². The standard InChI is InChI=1S/C26H26F2N6O2S/c1-3-17-14-18(4-7-22(17)37-33-12-10-32(16-35)11-13-33)31-25-26-30-15-20(34(26)9-8-29-25)19-5-6-21(36-2)24(28)23(19)27/h4-9,14-16H,3,10-13H2,1-2H3,(H,29,31). The molecule has 1 aliphatic rings. The largest absolute Gasteiger partial charge is 0.494 e. The van der Waals surface area contributed by atoms with Gasteiger partial charge in [-0.3, -0.25) is 9.20 Å². The van der Waals surface area contributed by atoms with Crippen LogP contribution in [-0.2, 0) is 11.2 Å². The van der Waals surface area contributed by atoms with E-state index >= 15 is 0 Å². The van der Waals surface area contributed by atoms with Crippen molar-refractivity contribution in [3.8, 4) is 17.0 Å². The molecular formula is C26H26F2N6O2S. The predicted molar refractivity (Wildman–Crippen MR) is 139 cm³/mol.